The fourth-order valence-corrected chi connectivity index (χ4v) is 2.22. The summed E-state index contributed by atoms with van der Waals surface area (Å²) in [5.74, 6) is 0.744. The van der Waals surface area contributed by atoms with Crippen LogP contribution in [0.25, 0.3) is 0 Å². The van der Waals surface area contributed by atoms with Crippen LogP contribution < -0.4 is 20.7 Å². The molecule has 0 fully saturated rings. The van der Waals surface area contributed by atoms with Crippen LogP contribution in [0.4, 0.5) is 16.2 Å². The Kier molecular flexibility index (Phi) is 6.42. The van der Waals surface area contributed by atoms with Crippen LogP contribution in [0.5, 0.6) is 5.88 Å². The number of anilines is 2. The minimum Gasteiger partial charge on any atom is -0.480 e. The molecule has 1 aromatic heterocycles. The summed E-state index contributed by atoms with van der Waals surface area (Å²) in [6.45, 7) is 4.73. The highest BCUT2D eigenvalue weighted by Crippen LogP contribution is 2.19. The number of hydrogen-bond donors (Lipinski definition) is 3. The number of pyridine rings is 1. The average Bonchev–Trinajstić information content (AvgIpc) is 2.59. The third kappa shape index (κ3) is 5.15. The van der Waals surface area contributed by atoms with Crippen LogP contribution in [-0.2, 0) is 0 Å². The molecule has 0 radical (unpaired) electrons. The number of para-hydroxylation sites is 1. The third-order valence-corrected chi connectivity index (χ3v) is 3.63. The first-order chi connectivity index (χ1) is 11.6. The van der Waals surface area contributed by atoms with Gasteiger partial charge >= 0.3 is 6.03 Å². The topological polar surface area (TPSA) is 75.3 Å². The van der Waals surface area contributed by atoms with Crippen molar-refractivity contribution in [2.24, 2.45) is 5.92 Å². The summed E-state index contributed by atoms with van der Waals surface area (Å²) >= 11 is 0. The molecule has 0 saturated heterocycles. The highest BCUT2D eigenvalue weighted by molar-refractivity contribution is 5.90. The first kappa shape index (κ1) is 17.6. The molecule has 3 N–H and O–H groups in total. The molecule has 2 aromatic rings. The van der Waals surface area contributed by atoms with Gasteiger partial charge in [0.25, 0.3) is 0 Å². The SMILES string of the molecule is COc1ncccc1NC(=O)NCC(Nc1ccccc1)C(C)C. The van der Waals surface area contributed by atoms with Gasteiger partial charge in [-0.05, 0) is 30.2 Å². The maximum absolute atomic E-state index is 12.1. The van der Waals surface area contributed by atoms with Gasteiger partial charge in [-0.2, -0.15) is 0 Å². The monoisotopic (exact) mass is 328 g/mol. The van der Waals surface area contributed by atoms with Gasteiger partial charge in [0, 0.05) is 24.5 Å². The second kappa shape index (κ2) is 8.76. The van der Waals surface area contributed by atoms with E-state index < -0.39 is 0 Å². The fraction of sp³-hybridized carbons (Fsp3) is 0.333. The maximum atomic E-state index is 12.1. The number of nitrogens with one attached hydrogen (secondary N) is 3. The number of nitrogens with zero attached hydrogens (tertiary/aromatic N) is 1. The second-order valence-corrected chi connectivity index (χ2v) is 5.76. The van der Waals surface area contributed by atoms with E-state index in [4.69, 9.17) is 4.74 Å². The van der Waals surface area contributed by atoms with Gasteiger partial charge in [-0.3, -0.25) is 0 Å². The van der Waals surface area contributed by atoms with Crippen molar-refractivity contribution in [3.63, 3.8) is 0 Å². The summed E-state index contributed by atoms with van der Waals surface area (Å²) in [6, 6.07) is 13.3. The average molecular weight is 328 g/mol. The molecule has 1 aromatic carbocycles. The molecule has 6 heteroatoms. The standard InChI is InChI=1S/C18H24N4O2/c1-13(2)16(21-14-8-5-4-6-9-14)12-20-18(23)22-15-10-7-11-19-17(15)24-3/h4-11,13,16,21H,12H2,1-3H3,(H2,20,22,23). The molecule has 0 spiro atoms. The van der Waals surface area contributed by atoms with Crippen molar-refractivity contribution >= 4 is 17.4 Å². The predicted molar refractivity (Wildman–Crippen MR) is 96.5 cm³/mol. The van der Waals surface area contributed by atoms with Gasteiger partial charge in [0.2, 0.25) is 5.88 Å². The second-order valence-electron chi connectivity index (χ2n) is 5.76. The Morgan fingerprint density at radius 3 is 2.58 bits per heavy atom. The molecule has 0 saturated carbocycles. The van der Waals surface area contributed by atoms with Crippen molar-refractivity contribution in [1.29, 1.82) is 0 Å². The largest absolute Gasteiger partial charge is 0.480 e. The normalized spacial score (nSPS) is 11.7. The number of urea groups is 1. The predicted octanol–water partition coefficient (Wildman–Crippen LogP) is 3.35. The maximum Gasteiger partial charge on any atom is 0.319 e. The minimum atomic E-state index is -0.290. The Balaban J connectivity index is 1.90. The van der Waals surface area contributed by atoms with Crippen molar-refractivity contribution in [3.05, 3.63) is 48.7 Å². The Morgan fingerprint density at radius 1 is 1.17 bits per heavy atom. The van der Waals surface area contributed by atoms with Gasteiger partial charge in [-0.25, -0.2) is 9.78 Å². The Hall–Kier alpha value is -2.76. The number of benzene rings is 1. The highest BCUT2D eigenvalue weighted by Gasteiger charge is 2.15. The lowest BCUT2D eigenvalue weighted by molar-refractivity contribution is 0.251. The van der Waals surface area contributed by atoms with Crippen LogP contribution in [0, 0.1) is 5.92 Å². The first-order valence-corrected chi connectivity index (χ1v) is 7.95. The first-order valence-electron chi connectivity index (χ1n) is 7.95. The molecular formula is C18H24N4O2. The Morgan fingerprint density at radius 2 is 1.92 bits per heavy atom. The zero-order valence-corrected chi connectivity index (χ0v) is 14.2. The van der Waals surface area contributed by atoms with Crippen LogP contribution in [-0.4, -0.2) is 30.7 Å². The van der Waals surface area contributed by atoms with Gasteiger partial charge < -0.3 is 20.7 Å². The van der Waals surface area contributed by atoms with E-state index in [1.54, 1.807) is 18.3 Å². The number of rotatable bonds is 7. The molecule has 6 nitrogen and oxygen atoms in total. The molecule has 2 rings (SSSR count). The Labute approximate surface area is 142 Å². The van der Waals surface area contributed by atoms with Gasteiger partial charge in [0.05, 0.1) is 7.11 Å². The van der Waals surface area contributed by atoms with E-state index in [-0.39, 0.29) is 12.1 Å². The summed E-state index contributed by atoms with van der Waals surface area (Å²) < 4.78 is 5.12. The smallest absolute Gasteiger partial charge is 0.319 e. The fourth-order valence-electron chi connectivity index (χ4n) is 2.22. The summed E-state index contributed by atoms with van der Waals surface area (Å²) in [5.41, 5.74) is 1.57. The van der Waals surface area contributed by atoms with Crippen molar-refractivity contribution in [2.75, 3.05) is 24.3 Å². The number of ether oxygens (including phenoxy) is 1. The van der Waals surface area contributed by atoms with Crippen molar-refractivity contribution in [1.82, 2.24) is 10.3 Å². The zero-order chi connectivity index (χ0) is 17.4. The molecule has 1 heterocycles. The van der Waals surface area contributed by atoms with Crippen LogP contribution in [0.15, 0.2) is 48.7 Å². The molecule has 0 bridgehead atoms. The van der Waals surface area contributed by atoms with Crippen LogP contribution >= 0.6 is 0 Å². The molecule has 1 unspecified atom stereocenters. The Bertz CT molecular complexity index is 646. The van der Waals surface area contributed by atoms with Crippen LogP contribution in [0.3, 0.4) is 0 Å². The van der Waals surface area contributed by atoms with Crippen molar-refractivity contribution < 1.29 is 9.53 Å². The molecule has 0 aliphatic rings. The van der Waals surface area contributed by atoms with Crippen molar-refractivity contribution in [2.45, 2.75) is 19.9 Å². The lowest BCUT2D eigenvalue weighted by Crippen LogP contribution is -2.41. The van der Waals surface area contributed by atoms with E-state index >= 15 is 0 Å². The number of aromatic nitrogens is 1. The summed E-state index contributed by atoms with van der Waals surface area (Å²) in [7, 11) is 1.52. The van der Waals surface area contributed by atoms with Gasteiger partial charge in [-0.15, -0.1) is 0 Å². The summed E-state index contributed by atoms with van der Waals surface area (Å²) in [4.78, 5) is 16.2. The van der Waals surface area contributed by atoms with E-state index in [0.29, 0.717) is 24.0 Å². The lowest BCUT2D eigenvalue weighted by atomic mass is 10.0. The quantitative estimate of drug-likeness (QED) is 0.728. The molecule has 24 heavy (non-hydrogen) atoms. The van der Waals surface area contributed by atoms with Gasteiger partial charge in [-0.1, -0.05) is 32.0 Å². The minimum absolute atomic E-state index is 0.119. The summed E-state index contributed by atoms with van der Waals surface area (Å²) in [5, 5.41) is 9.08. The molecule has 128 valence electrons. The van der Waals surface area contributed by atoms with E-state index in [1.165, 1.54) is 7.11 Å². The van der Waals surface area contributed by atoms with Gasteiger partial charge in [0.1, 0.15) is 5.69 Å². The highest BCUT2D eigenvalue weighted by atomic mass is 16.5. The zero-order valence-electron chi connectivity index (χ0n) is 14.2. The van der Waals surface area contributed by atoms with E-state index in [0.717, 1.165) is 5.69 Å². The molecule has 0 aliphatic heterocycles. The van der Waals surface area contributed by atoms with Crippen LogP contribution in [0.1, 0.15) is 13.8 Å². The van der Waals surface area contributed by atoms with Crippen molar-refractivity contribution in [3.8, 4) is 5.88 Å². The number of amides is 2. The van der Waals surface area contributed by atoms with E-state index in [1.807, 2.05) is 30.3 Å². The number of carbonyl (C=O) groups is 1. The molecular weight excluding hydrogens is 304 g/mol. The van der Waals surface area contributed by atoms with E-state index in [9.17, 15) is 4.79 Å². The summed E-state index contributed by atoms with van der Waals surface area (Å²) in [6.07, 6.45) is 1.61. The van der Waals surface area contributed by atoms with E-state index in [2.05, 4.69) is 34.8 Å². The molecule has 0 aliphatic carbocycles. The lowest BCUT2D eigenvalue weighted by Gasteiger charge is -2.24. The third-order valence-electron chi connectivity index (χ3n) is 3.63. The van der Waals surface area contributed by atoms with Gasteiger partial charge in [0.15, 0.2) is 0 Å². The van der Waals surface area contributed by atoms with Crippen LogP contribution in [0.2, 0.25) is 0 Å². The number of methoxy groups -OCH3 is 1. The number of carbonyl (C=O) groups excluding carboxylic acids is 1. The molecule has 2 amide bonds. The molecule has 1 atom stereocenters. The number of hydrogen-bond acceptors (Lipinski definition) is 4.